The topological polar surface area (TPSA) is 85.7 Å². The SMILES string of the molecule is CNNCCNc1ncc(C#N)cn1. The Labute approximate surface area is 82.3 Å². The van der Waals surface area contributed by atoms with Crippen LogP contribution in [0.4, 0.5) is 5.95 Å². The second-order valence-corrected chi connectivity index (χ2v) is 2.51. The largest absolute Gasteiger partial charge is 0.353 e. The summed E-state index contributed by atoms with van der Waals surface area (Å²) in [6.45, 7) is 1.48. The van der Waals surface area contributed by atoms with E-state index in [4.69, 9.17) is 5.26 Å². The van der Waals surface area contributed by atoms with Crippen molar-refractivity contribution in [1.82, 2.24) is 20.8 Å². The molecule has 0 aromatic carbocycles. The van der Waals surface area contributed by atoms with Gasteiger partial charge in [-0.3, -0.25) is 10.9 Å². The summed E-state index contributed by atoms with van der Waals surface area (Å²) in [5, 5.41) is 11.5. The molecule has 0 saturated heterocycles. The number of rotatable bonds is 5. The lowest BCUT2D eigenvalue weighted by molar-refractivity contribution is 0.610. The van der Waals surface area contributed by atoms with Crippen molar-refractivity contribution in [3.05, 3.63) is 18.0 Å². The molecule has 0 spiro atoms. The van der Waals surface area contributed by atoms with Crippen LogP contribution in [0.15, 0.2) is 12.4 Å². The van der Waals surface area contributed by atoms with E-state index in [9.17, 15) is 0 Å². The van der Waals surface area contributed by atoms with Crippen molar-refractivity contribution in [3.8, 4) is 6.07 Å². The third-order valence-electron chi connectivity index (χ3n) is 1.49. The van der Waals surface area contributed by atoms with Crippen molar-refractivity contribution in [3.63, 3.8) is 0 Å². The van der Waals surface area contributed by atoms with Crippen LogP contribution >= 0.6 is 0 Å². The molecule has 0 aliphatic rings. The first-order chi connectivity index (χ1) is 6.86. The maximum Gasteiger partial charge on any atom is 0.222 e. The molecule has 1 rings (SSSR count). The van der Waals surface area contributed by atoms with Crippen molar-refractivity contribution in [2.75, 3.05) is 25.5 Å². The molecule has 0 radical (unpaired) electrons. The third kappa shape index (κ3) is 3.35. The predicted octanol–water partition coefficient (Wildman–Crippen LogP) is -0.516. The first-order valence-corrected chi connectivity index (χ1v) is 4.22. The summed E-state index contributed by atoms with van der Waals surface area (Å²) in [7, 11) is 1.80. The van der Waals surface area contributed by atoms with E-state index < -0.39 is 0 Å². The fourth-order valence-electron chi connectivity index (χ4n) is 0.839. The van der Waals surface area contributed by atoms with Crippen LogP contribution < -0.4 is 16.2 Å². The van der Waals surface area contributed by atoms with Gasteiger partial charge in [-0.2, -0.15) is 5.26 Å². The Morgan fingerprint density at radius 1 is 1.36 bits per heavy atom. The zero-order valence-electron chi connectivity index (χ0n) is 7.91. The van der Waals surface area contributed by atoms with Gasteiger partial charge in [0.05, 0.1) is 18.0 Å². The first-order valence-electron chi connectivity index (χ1n) is 4.22. The van der Waals surface area contributed by atoms with Crippen LogP contribution in [0.5, 0.6) is 0 Å². The summed E-state index contributed by atoms with van der Waals surface area (Å²) in [4.78, 5) is 7.91. The lowest BCUT2D eigenvalue weighted by Gasteiger charge is -2.04. The first kappa shape index (κ1) is 10.4. The summed E-state index contributed by atoms with van der Waals surface area (Å²) < 4.78 is 0. The summed E-state index contributed by atoms with van der Waals surface area (Å²) >= 11 is 0. The molecule has 6 heteroatoms. The summed E-state index contributed by atoms with van der Waals surface area (Å²) in [6, 6.07) is 1.96. The average Bonchev–Trinajstić information content (AvgIpc) is 2.25. The van der Waals surface area contributed by atoms with Gasteiger partial charge < -0.3 is 5.32 Å². The Morgan fingerprint density at radius 3 is 2.64 bits per heavy atom. The van der Waals surface area contributed by atoms with Gasteiger partial charge in [-0.15, -0.1) is 0 Å². The van der Waals surface area contributed by atoms with Gasteiger partial charge in [-0.25, -0.2) is 9.97 Å². The molecule has 0 bridgehead atoms. The molecule has 14 heavy (non-hydrogen) atoms. The van der Waals surface area contributed by atoms with E-state index >= 15 is 0 Å². The smallest absolute Gasteiger partial charge is 0.222 e. The fourth-order valence-corrected chi connectivity index (χ4v) is 0.839. The minimum atomic E-state index is 0.462. The Hall–Kier alpha value is -1.71. The van der Waals surface area contributed by atoms with Crippen molar-refractivity contribution in [1.29, 1.82) is 5.26 Å². The standard InChI is InChI=1S/C8H12N6/c1-10-14-3-2-11-8-12-5-7(4-9)6-13-8/h5-6,10,14H,2-3H2,1H3,(H,11,12,13). The highest BCUT2D eigenvalue weighted by Gasteiger charge is 1.94. The lowest BCUT2D eigenvalue weighted by atomic mass is 10.4. The minimum absolute atomic E-state index is 0.462. The van der Waals surface area contributed by atoms with Crippen molar-refractivity contribution < 1.29 is 0 Å². The molecule has 0 fully saturated rings. The molecule has 6 nitrogen and oxygen atoms in total. The predicted molar refractivity (Wildman–Crippen MR) is 52.3 cm³/mol. The Morgan fingerprint density at radius 2 is 2.07 bits per heavy atom. The number of hydrogen-bond donors (Lipinski definition) is 3. The van der Waals surface area contributed by atoms with E-state index in [0.29, 0.717) is 18.1 Å². The number of hydrogen-bond acceptors (Lipinski definition) is 6. The Bertz CT molecular complexity index is 301. The number of hydrazine groups is 1. The molecule has 0 aliphatic heterocycles. The summed E-state index contributed by atoms with van der Waals surface area (Å²) in [5.74, 6) is 0.530. The van der Waals surface area contributed by atoms with E-state index in [-0.39, 0.29) is 0 Å². The van der Waals surface area contributed by atoms with Gasteiger partial charge in [0.15, 0.2) is 0 Å². The summed E-state index contributed by atoms with van der Waals surface area (Å²) in [6.07, 6.45) is 2.97. The third-order valence-corrected chi connectivity index (χ3v) is 1.49. The van der Waals surface area contributed by atoms with Gasteiger partial charge in [-0.1, -0.05) is 0 Å². The highest BCUT2D eigenvalue weighted by atomic mass is 15.3. The lowest BCUT2D eigenvalue weighted by Crippen LogP contribution is -2.32. The van der Waals surface area contributed by atoms with Crippen LogP contribution in [0.2, 0.25) is 0 Å². The number of nitrogens with one attached hydrogen (secondary N) is 3. The van der Waals surface area contributed by atoms with Crippen LogP contribution in [0.25, 0.3) is 0 Å². The average molecular weight is 192 g/mol. The number of anilines is 1. The van der Waals surface area contributed by atoms with Gasteiger partial charge in [-0.05, 0) is 7.05 Å². The van der Waals surface area contributed by atoms with Crippen LogP contribution in [0.1, 0.15) is 5.56 Å². The normalized spacial score (nSPS) is 9.43. The highest BCUT2D eigenvalue weighted by molar-refractivity contribution is 5.29. The molecule has 0 aliphatic carbocycles. The minimum Gasteiger partial charge on any atom is -0.353 e. The van der Waals surface area contributed by atoms with Crippen LogP contribution in [-0.4, -0.2) is 30.1 Å². The van der Waals surface area contributed by atoms with Crippen molar-refractivity contribution in [2.24, 2.45) is 0 Å². The molecular formula is C8H12N6. The van der Waals surface area contributed by atoms with Crippen LogP contribution in [0.3, 0.4) is 0 Å². The quantitative estimate of drug-likeness (QED) is 0.430. The molecule has 0 amide bonds. The zero-order chi connectivity index (χ0) is 10.2. The molecule has 0 saturated carbocycles. The van der Waals surface area contributed by atoms with Crippen LogP contribution in [0, 0.1) is 11.3 Å². The van der Waals surface area contributed by atoms with Gasteiger partial charge in [0.25, 0.3) is 0 Å². The second kappa shape index (κ2) is 5.85. The summed E-state index contributed by atoms with van der Waals surface area (Å²) in [5.41, 5.74) is 6.18. The fraction of sp³-hybridized carbons (Fsp3) is 0.375. The second-order valence-electron chi connectivity index (χ2n) is 2.51. The van der Waals surface area contributed by atoms with Gasteiger partial charge in [0, 0.05) is 13.1 Å². The maximum absolute atomic E-state index is 8.51. The molecule has 1 aromatic rings. The Kier molecular flexibility index (Phi) is 4.34. The molecule has 74 valence electrons. The number of nitrogens with zero attached hydrogens (tertiary/aromatic N) is 3. The Balaban J connectivity index is 2.33. The molecule has 1 aromatic heterocycles. The molecule has 1 heterocycles. The van der Waals surface area contributed by atoms with Crippen molar-refractivity contribution >= 4 is 5.95 Å². The van der Waals surface area contributed by atoms with E-state index in [0.717, 1.165) is 6.54 Å². The van der Waals surface area contributed by atoms with E-state index in [1.165, 1.54) is 12.4 Å². The van der Waals surface area contributed by atoms with Gasteiger partial charge >= 0.3 is 0 Å². The molecule has 0 atom stereocenters. The highest BCUT2D eigenvalue weighted by Crippen LogP contribution is 1.97. The van der Waals surface area contributed by atoms with Gasteiger partial charge in [0.1, 0.15) is 6.07 Å². The number of nitriles is 1. The van der Waals surface area contributed by atoms with Crippen molar-refractivity contribution in [2.45, 2.75) is 0 Å². The van der Waals surface area contributed by atoms with Crippen LogP contribution in [-0.2, 0) is 0 Å². The van der Waals surface area contributed by atoms with E-state index in [1.807, 2.05) is 6.07 Å². The number of aromatic nitrogens is 2. The molecule has 0 unspecified atom stereocenters. The van der Waals surface area contributed by atoms with E-state index in [1.54, 1.807) is 7.05 Å². The molecular weight excluding hydrogens is 180 g/mol. The molecule has 3 N–H and O–H groups in total. The monoisotopic (exact) mass is 192 g/mol. The van der Waals surface area contributed by atoms with Gasteiger partial charge in [0.2, 0.25) is 5.95 Å². The zero-order valence-corrected chi connectivity index (χ0v) is 7.91. The maximum atomic E-state index is 8.51. The van der Waals surface area contributed by atoms with E-state index in [2.05, 4.69) is 26.1 Å².